The van der Waals surface area contributed by atoms with E-state index in [-0.39, 0.29) is 17.9 Å². The Morgan fingerprint density at radius 1 is 1.58 bits per heavy atom. The smallest absolute Gasteiger partial charge is 0.224 e. The molecule has 106 valence electrons. The number of piperidine rings is 1. The number of aryl methyl sites for hydroxylation is 2. The number of amides is 1. The van der Waals surface area contributed by atoms with Crippen LogP contribution in [0.5, 0.6) is 0 Å². The molecule has 1 aliphatic rings. The van der Waals surface area contributed by atoms with E-state index in [4.69, 9.17) is 4.52 Å². The van der Waals surface area contributed by atoms with Crippen molar-refractivity contribution in [3.8, 4) is 0 Å². The maximum Gasteiger partial charge on any atom is 0.224 e. The van der Waals surface area contributed by atoms with Gasteiger partial charge in [0, 0.05) is 18.2 Å². The summed E-state index contributed by atoms with van der Waals surface area (Å²) in [6.45, 7) is 7.70. The predicted molar refractivity (Wildman–Crippen MR) is 72.9 cm³/mol. The average Bonchev–Trinajstić information content (AvgIpc) is 2.71. The third-order valence-electron chi connectivity index (χ3n) is 3.75. The third kappa shape index (κ3) is 3.56. The maximum absolute atomic E-state index is 12.1. The van der Waals surface area contributed by atoms with Gasteiger partial charge in [-0.15, -0.1) is 0 Å². The lowest BCUT2D eigenvalue weighted by atomic mass is 9.98. The van der Waals surface area contributed by atoms with Crippen molar-refractivity contribution in [1.29, 1.82) is 0 Å². The number of nitrogens with zero attached hydrogens (tertiary/aromatic N) is 1. The van der Waals surface area contributed by atoms with Crippen molar-refractivity contribution in [2.75, 3.05) is 13.1 Å². The largest absolute Gasteiger partial charge is 0.361 e. The molecule has 1 aromatic heterocycles. The molecular weight excluding hydrogens is 242 g/mol. The highest BCUT2D eigenvalue weighted by molar-refractivity contribution is 5.79. The number of hydrogen-bond donors (Lipinski definition) is 2. The van der Waals surface area contributed by atoms with Gasteiger partial charge in [-0.2, -0.15) is 0 Å². The molecule has 1 aliphatic heterocycles. The quantitative estimate of drug-likeness (QED) is 0.862. The molecule has 1 fully saturated rings. The topological polar surface area (TPSA) is 67.2 Å². The molecule has 19 heavy (non-hydrogen) atoms. The minimum absolute atomic E-state index is 0.103. The van der Waals surface area contributed by atoms with E-state index in [0.29, 0.717) is 0 Å². The van der Waals surface area contributed by atoms with Crippen LogP contribution in [-0.2, 0) is 11.2 Å². The van der Waals surface area contributed by atoms with Gasteiger partial charge in [-0.3, -0.25) is 4.79 Å². The summed E-state index contributed by atoms with van der Waals surface area (Å²) in [4.78, 5) is 12.1. The highest BCUT2D eigenvalue weighted by atomic mass is 16.5. The van der Waals surface area contributed by atoms with Crippen molar-refractivity contribution in [3.63, 3.8) is 0 Å². The van der Waals surface area contributed by atoms with Crippen LogP contribution < -0.4 is 10.6 Å². The second kappa shape index (κ2) is 6.19. The Labute approximate surface area is 114 Å². The summed E-state index contributed by atoms with van der Waals surface area (Å²) in [7, 11) is 0. The van der Waals surface area contributed by atoms with Crippen LogP contribution in [-0.4, -0.2) is 30.2 Å². The summed E-state index contributed by atoms with van der Waals surface area (Å²) in [6.07, 6.45) is 2.83. The standard InChI is InChI=1S/C14H23N3O2/c1-9(7-13-10(2)17-19-11(13)3)16-14(18)12-5-4-6-15-8-12/h9,12,15H,4-8H2,1-3H3,(H,16,18). The molecule has 1 aromatic rings. The van der Waals surface area contributed by atoms with Crippen molar-refractivity contribution in [1.82, 2.24) is 15.8 Å². The lowest BCUT2D eigenvalue weighted by molar-refractivity contribution is -0.126. The molecule has 2 N–H and O–H groups in total. The molecule has 5 nitrogen and oxygen atoms in total. The molecule has 0 radical (unpaired) electrons. The van der Waals surface area contributed by atoms with Gasteiger partial charge in [-0.1, -0.05) is 5.16 Å². The molecule has 0 aliphatic carbocycles. The molecule has 1 saturated heterocycles. The zero-order chi connectivity index (χ0) is 13.8. The summed E-state index contributed by atoms with van der Waals surface area (Å²) >= 11 is 0. The molecule has 5 heteroatoms. The van der Waals surface area contributed by atoms with Crippen molar-refractivity contribution < 1.29 is 9.32 Å². The SMILES string of the molecule is Cc1noc(C)c1CC(C)NC(=O)C1CCCNC1. The first kappa shape index (κ1) is 14.1. The van der Waals surface area contributed by atoms with E-state index >= 15 is 0 Å². The summed E-state index contributed by atoms with van der Waals surface area (Å²) in [6, 6.07) is 0.103. The second-order valence-corrected chi connectivity index (χ2v) is 5.46. The highest BCUT2D eigenvalue weighted by Gasteiger charge is 2.22. The Morgan fingerprint density at radius 2 is 2.37 bits per heavy atom. The van der Waals surface area contributed by atoms with Crippen LogP contribution in [0.2, 0.25) is 0 Å². The van der Waals surface area contributed by atoms with Crippen molar-refractivity contribution in [2.24, 2.45) is 5.92 Å². The van der Waals surface area contributed by atoms with E-state index in [1.54, 1.807) is 0 Å². The van der Waals surface area contributed by atoms with Crippen LogP contribution >= 0.6 is 0 Å². The maximum atomic E-state index is 12.1. The highest BCUT2D eigenvalue weighted by Crippen LogP contribution is 2.15. The number of hydrogen-bond acceptors (Lipinski definition) is 4. The Bertz CT molecular complexity index is 416. The van der Waals surface area contributed by atoms with E-state index in [1.165, 1.54) is 0 Å². The summed E-state index contributed by atoms with van der Waals surface area (Å²) in [5.41, 5.74) is 2.02. The Morgan fingerprint density at radius 3 is 2.95 bits per heavy atom. The van der Waals surface area contributed by atoms with E-state index in [0.717, 1.165) is 49.4 Å². The van der Waals surface area contributed by atoms with E-state index in [2.05, 4.69) is 15.8 Å². The molecule has 0 spiro atoms. The summed E-state index contributed by atoms with van der Waals surface area (Å²) in [5, 5.41) is 10.3. The monoisotopic (exact) mass is 265 g/mol. The first-order valence-electron chi connectivity index (χ1n) is 7.00. The van der Waals surface area contributed by atoms with Gasteiger partial charge in [0.2, 0.25) is 5.91 Å². The Kier molecular flexibility index (Phi) is 4.58. The summed E-state index contributed by atoms with van der Waals surface area (Å²) < 4.78 is 5.14. The third-order valence-corrected chi connectivity index (χ3v) is 3.75. The van der Waals surface area contributed by atoms with Gasteiger partial charge in [-0.25, -0.2) is 0 Å². The molecule has 2 heterocycles. The molecule has 0 bridgehead atoms. The van der Waals surface area contributed by atoms with Crippen LogP contribution in [0.15, 0.2) is 4.52 Å². The van der Waals surface area contributed by atoms with Gasteiger partial charge < -0.3 is 15.2 Å². The zero-order valence-corrected chi connectivity index (χ0v) is 12.0. The van der Waals surface area contributed by atoms with Crippen molar-refractivity contribution in [3.05, 3.63) is 17.0 Å². The number of rotatable bonds is 4. The molecular formula is C14H23N3O2. The fourth-order valence-corrected chi connectivity index (χ4v) is 2.59. The first-order chi connectivity index (χ1) is 9.08. The van der Waals surface area contributed by atoms with Crippen LogP contribution in [0.3, 0.4) is 0 Å². The van der Waals surface area contributed by atoms with E-state index < -0.39 is 0 Å². The van der Waals surface area contributed by atoms with Crippen LogP contribution in [0, 0.1) is 19.8 Å². The minimum atomic E-state index is 0.103. The first-order valence-corrected chi connectivity index (χ1v) is 7.00. The van der Waals surface area contributed by atoms with Gasteiger partial charge in [0.25, 0.3) is 0 Å². The van der Waals surface area contributed by atoms with Crippen molar-refractivity contribution in [2.45, 2.75) is 46.1 Å². The second-order valence-electron chi connectivity index (χ2n) is 5.46. The Hall–Kier alpha value is -1.36. The number of nitrogens with one attached hydrogen (secondary N) is 2. The molecule has 2 rings (SSSR count). The normalized spacial score (nSPS) is 21.1. The Balaban J connectivity index is 1.87. The number of carbonyl (C=O) groups excluding carboxylic acids is 1. The van der Waals surface area contributed by atoms with E-state index in [1.807, 2.05) is 20.8 Å². The molecule has 2 unspecified atom stereocenters. The van der Waals surface area contributed by atoms with Gasteiger partial charge in [0.1, 0.15) is 5.76 Å². The van der Waals surface area contributed by atoms with Crippen LogP contribution in [0.4, 0.5) is 0 Å². The average molecular weight is 265 g/mol. The van der Waals surface area contributed by atoms with E-state index in [9.17, 15) is 4.79 Å². The minimum Gasteiger partial charge on any atom is -0.361 e. The van der Waals surface area contributed by atoms with Gasteiger partial charge >= 0.3 is 0 Å². The zero-order valence-electron chi connectivity index (χ0n) is 12.0. The van der Waals surface area contributed by atoms with Crippen LogP contribution in [0.25, 0.3) is 0 Å². The molecule has 2 atom stereocenters. The summed E-state index contributed by atoms with van der Waals surface area (Å²) in [5.74, 6) is 1.12. The van der Waals surface area contributed by atoms with Gasteiger partial charge in [-0.05, 0) is 46.6 Å². The van der Waals surface area contributed by atoms with Crippen LogP contribution in [0.1, 0.15) is 36.8 Å². The van der Waals surface area contributed by atoms with Gasteiger partial charge in [0.15, 0.2) is 0 Å². The number of carbonyl (C=O) groups is 1. The van der Waals surface area contributed by atoms with Gasteiger partial charge in [0.05, 0.1) is 11.6 Å². The fourth-order valence-electron chi connectivity index (χ4n) is 2.59. The lowest BCUT2D eigenvalue weighted by Crippen LogP contribution is -2.44. The molecule has 0 aromatic carbocycles. The molecule has 0 saturated carbocycles. The fraction of sp³-hybridized carbons (Fsp3) is 0.714. The lowest BCUT2D eigenvalue weighted by Gasteiger charge is -2.24. The predicted octanol–water partition coefficient (Wildman–Crippen LogP) is 1.34. The number of aromatic nitrogens is 1. The van der Waals surface area contributed by atoms with Crippen molar-refractivity contribution >= 4 is 5.91 Å². The molecule has 1 amide bonds.